The highest BCUT2D eigenvalue weighted by atomic mass is 32.2. The molecule has 0 heterocycles. The highest BCUT2D eigenvalue weighted by Gasteiger charge is 2.50. The van der Waals surface area contributed by atoms with Crippen LogP contribution in [0.2, 0.25) is 5.04 Å². The smallest absolute Gasteiger partial charge is 0.264 e. The second kappa shape index (κ2) is 12.2. The van der Waals surface area contributed by atoms with Crippen LogP contribution in [0.4, 0.5) is 5.69 Å². The van der Waals surface area contributed by atoms with E-state index in [0.717, 1.165) is 22.2 Å². The van der Waals surface area contributed by atoms with Crippen molar-refractivity contribution in [2.45, 2.75) is 64.5 Å². The zero-order valence-electron chi connectivity index (χ0n) is 24.0. The van der Waals surface area contributed by atoms with Gasteiger partial charge in [0.2, 0.25) is 5.91 Å². The SMILES string of the molecule is CC(C)(C)c1ccccc1NC(=O)CC(CO[Si](c1ccccc1)(c1ccccc1)C(C)(C)C)OS(C)(=O)=O. The third-order valence-electron chi connectivity index (χ3n) is 6.64. The van der Waals surface area contributed by atoms with E-state index in [1.807, 2.05) is 60.7 Å². The third kappa shape index (κ3) is 7.88. The highest BCUT2D eigenvalue weighted by molar-refractivity contribution is 7.86. The van der Waals surface area contributed by atoms with Gasteiger partial charge in [-0.05, 0) is 32.5 Å². The molecular formula is C31H41NO5SSi. The van der Waals surface area contributed by atoms with Crippen LogP contribution in [-0.2, 0) is 28.9 Å². The van der Waals surface area contributed by atoms with Crippen LogP contribution >= 0.6 is 0 Å². The molecule has 0 bridgehead atoms. The predicted octanol–water partition coefficient (Wildman–Crippen LogP) is 5.23. The standard InChI is InChI=1S/C31H41NO5SSi/c1-30(2,3)27-20-14-15-21-28(27)32-29(33)22-24(37-38(7,34)35)23-36-39(31(4,5)6,25-16-10-8-11-17-25)26-18-12-9-13-19-26/h8-21,24H,22-23H2,1-7H3,(H,32,33). The molecule has 3 aromatic carbocycles. The number of amides is 1. The van der Waals surface area contributed by atoms with Crippen molar-refractivity contribution in [3.63, 3.8) is 0 Å². The maximum Gasteiger partial charge on any atom is 0.264 e. The van der Waals surface area contributed by atoms with Crippen LogP contribution in [0.3, 0.4) is 0 Å². The molecule has 0 aliphatic carbocycles. The molecule has 0 radical (unpaired) electrons. The molecule has 0 aliphatic rings. The Kier molecular flexibility index (Phi) is 9.59. The predicted molar refractivity (Wildman–Crippen MR) is 162 cm³/mol. The molecule has 39 heavy (non-hydrogen) atoms. The second-order valence-corrected chi connectivity index (χ2v) is 17.9. The summed E-state index contributed by atoms with van der Waals surface area (Å²) in [5.74, 6) is -0.341. The molecule has 0 aliphatic heterocycles. The molecule has 0 aromatic heterocycles. The largest absolute Gasteiger partial charge is 0.405 e. The van der Waals surface area contributed by atoms with E-state index in [1.165, 1.54) is 0 Å². The summed E-state index contributed by atoms with van der Waals surface area (Å²) in [7, 11) is -6.80. The number of carbonyl (C=O) groups is 1. The topological polar surface area (TPSA) is 81.7 Å². The highest BCUT2D eigenvalue weighted by Crippen LogP contribution is 2.37. The molecule has 1 N–H and O–H groups in total. The Labute approximate surface area is 235 Å². The van der Waals surface area contributed by atoms with Crippen LogP contribution in [0.15, 0.2) is 84.9 Å². The van der Waals surface area contributed by atoms with Crippen molar-refractivity contribution in [2.24, 2.45) is 0 Å². The first-order valence-corrected chi connectivity index (χ1v) is 16.9. The van der Waals surface area contributed by atoms with Gasteiger partial charge in [0.25, 0.3) is 18.4 Å². The number of anilines is 1. The number of hydrogen-bond donors (Lipinski definition) is 1. The quantitative estimate of drug-likeness (QED) is 0.268. The summed E-state index contributed by atoms with van der Waals surface area (Å²) >= 11 is 0. The number of hydrogen-bond acceptors (Lipinski definition) is 5. The lowest BCUT2D eigenvalue weighted by molar-refractivity contribution is -0.118. The zero-order valence-corrected chi connectivity index (χ0v) is 25.8. The minimum absolute atomic E-state index is 0.0608. The Hall–Kier alpha value is -2.78. The fourth-order valence-corrected chi connectivity index (χ4v) is 10.2. The van der Waals surface area contributed by atoms with Gasteiger partial charge in [-0.25, -0.2) is 0 Å². The Bertz CT molecular complexity index is 1310. The van der Waals surface area contributed by atoms with E-state index >= 15 is 0 Å². The summed E-state index contributed by atoms with van der Waals surface area (Å²) in [6.07, 6.45) is -0.178. The van der Waals surface area contributed by atoms with Crippen LogP contribution in [0.1, 0.15) is 53.5 Å². The van der Waals surface area contributed by atoms with Crippen molar-refractivity contribution >= 4 is 40.4 Å². The minimum Gasteiger partial charge on any atom is -0.405 e. The minimum atomic E-state index is -3.85. The first kappa shape index (κ1) is 30.8. The van der Waals surface area contributed by atoms with E-state index in [1.54, 1.807) is 0 Å². The molecule has 8 heteroatoms. The summed E-state index contributed by atoms with van der Waals surface area (Å²) in [4.78, 5) is 13.2. The van der Waals surface area contributed by atoms with Crippen molar-refractivity contribution in [2.75, 3.05) is 18.2 Å². The van der Waals surface area contributed by atoms with E-state index in [-0.39, 0.29) is 29.4 Å². The van der Waals surface area contributed by atoms with Gasteiger partial charge in [0.15, 0.2) is 0 Å². The molecule has 0 spiro atoms. The first-order chi connectivity index (χ1) is 18.1. The fraction of sp³-hybridized carbons (Fsp3) is 0.387. The molecular weight excluding hydrogens is 526 g/mol. The Morgan fingerprint density at radius 3 is 1.77 bits per heavy atom. The molecule has 1 atom stereocenters. The summed E-state index contributed by atoms with van der Waals surface area (Å²) in [5, 5.41) is 4.78. The molecule has 0 saturated heterocycles. The van der Waals surface area contributed by atoms with Crippen molar-refractivity contribution in [1.82, 2.24) is 0 Å². The first-order valence-electron chi connectivity index (χ1n) is 13.2. The van der Waals surface area contributed by atoms with Crippen LogP contribution in [0.25, 0.3) is 0 Å². The molecule has 3 rings (SSSR count). The van der Waals surface area contributed by atoms with E-state index < -0.39 is 24.5 Å². The van der Waals surface area contributed by atoms with Gasteiger partial charge in [-0.3, -0.25) is 8.98 Å². The third-order valence-corrected chi connectivity index (χ3v) is 12.3. The molecule has 6 nitrogen and oxygen atoms in total. The van der Waals surface area contributed by atoms with E-state index in [4.69, 9.17) is 8.61 Å². The molecule has 210 valence electrons. The van der Waals surface area contributed by atoms with Gasteiger partial charge in [0.1, 0.15) is 6.10 Å². The van der Waals surface area contributed by atoms with Crippen molar-refractivity contribution < 1.29 is 21.8 Å². The van der Waals surface area contributed by atoms with E-state index in [9.17, 15) is 13.2 Å². The lowest BCUT2D eigenvalue weighted by Gasteiger charge is -2.43. The van der Waals surface area contributed by atoms with Gasteiger partial charge in [-0.2, -0.15) is 8.42 Å². The van der Waals surface area contributed by atoms with Gasteiger partial charge in [-0.15, -0.1) is 0 Å². The summed E-state index contributed by atoms with van der Waals surface area (Å²) in [5.41, 5.74) is 1.50. The van der Waals surface area contributed by atoms with Crippen molar-refractivity contribution in [1.29, 1.82) is 0 Å². The fourth-order valence-electron chi connectivity index (χ4n) is 5.00. The van der Waals surface area contributed by atoms with Crippen LogP contribution in [-0.4, -0.2) is 41.6 Å². The van der Waals surface area contributed by atoms with Crippen LogP contribution in [0.5, 0.6) is 0 Å². The maximum atomic E-state index is 13.2. The Balaban J connectivity index is 1.95. The summed E-state index contributed by atoms with van der Waals surface area (Å²) in [6, 6.07) is 27.7. The number of para-hydroxylation sites is 1. The van der Waals surface area contributed by atoms with Gasteiger partial charge in [0.05, 0.1) is 19.3 Å². The lowest BCUT2D eigenvalue weighted by atomic mass is 9.86. The van der Waals surface area contributed by atoms with E-state index in [2.05, 4.69) is 71.1 Å². The Morgan fingerprint density at radius 1 is 0.821 bits per heavy atom. The number of benzene rings is 3. The summed E-state index contributed by atoms with van der Waals surface area (Å²) in [6.45, 7) is 12.6. The van der Waals surface area contributed by atoms with Gasteiger partial charge < -0.3 is 9.74 Å². The molecule has 0 saturated carbocycles. The molecule has 0 fully saturated rings. The maximum absolute atomic E-state index is 13.2. The van der Waals surface area contributed by atoms with E-state index in [0.29, 0.717) is 5.69 Å². The van der Waals surface area contributed by atoms with Crippen LogP contribution in [0, 0.1) is 0 Å². The second-order valence-electron chi connectivity index (χ2n) is 11.9. The number of carbonyl (C=O) groups excluding carboxylic acids is 1. The number of rotatable bonds is 10. The molecule has 1 unspecified atom stereocenters. The van der Waals surface area contributed by atoms with Gasteiger partial charge >= 0.3 is 0 Å². The van der Waals surface area contributed by atoms with Crippen molar-refractivity contribution in [3.8, 4) is 0 Å². The van der Waals surface area contributed by atoms with Crippen molar-refractivity contribution in [3.05, 3.63) is 90.5 Å². The number of nitrogens with one attached hydrogen (secondary N) is 1. The average molecular weight is 568 g/mol. The lowest BCUT2D eigenvalue weighted by Crippen LogP contribution is -2.67. The van der Waals surface area contributed by atoms with Crippen LogP contribution < -0.4 is 15.7 Å². The summed E-state index contributed by atoms with van der Waals surface area (Å²) < 4.78 is 36.8. The molecule has 1 amide bonds. The van der Waals surface area contributed by atoms with Gasteiger partial charge in [0, 0.05) is 5.69 Å². The normalized spacial score (nSPS) is 13.6. The monoisotopic (exact) mass is 567 g/mol. The molecule has 3 aromatic rings. The average Bonchev–Trinajstić information content (AvgIpc) is 2.83. The van der Waals surface area contributed by atoms with Gasteiger partial charge in [-0.1, -0.05) is 120 Å². The zero-order chi connectivity index (χ0) is 28.9. The Morgan fingerprint density at radius 2 is 1.31 bits per heavy atom.